The summed E-state index contributed by atoms with van der Waals surface area (Å²) in [7, 11) is 0. The summed E-state index contributed by atoms with van der Waals surface area (Å²) < 4.78 is -1.46. The van der Waals surface area contributed by atoms with Crippen molar-refractivity contribution >= 4 is 49.6 Å². The number of halogens is 2. The molecule has 3 N–H and O–H groups in total. The Morgan fingerprint density at radius 2 is 2.00 bits per heavy atom. The molecule has 0 saturated heterocycles. The van der Waals surface area contributed by atoms with Crippen molar-refractivity contribution in [3.05, 3.63) is 0 Å². The molecule has 1 aliphatic heterocycles. The zero-order valence-corrected chi connectivity index (χ0v) is 8.27. The zero-order valence-electron chi connectivity index (χ0n) is 5.10. The lowest BCUT2D eigenvalue weighted by molar-refractivity contribution is -0.127. The van der Waals surface area contributed by atoms with Crippen LogP contribution in [0.25, 0.3) is 0 Å². The van der Waals surface area contributed by atoms with Gasteiger partial charge >= 0.3 is 0 Å². The van der Waals surface area contributed by atoms with Gasteiger partial charge in [-0.25, -0.2) is 0 Å². The Labute approximate surface area is 78.7 Å². The average molecular weight is 285 g/mol. The number of nitrogens with zero attached hydrogens (tertiary/aromatic N) is 1. The van der Waals surface area contributed by atoms with Crippen LogP contribution in [0, 0.1) is 0 Å². The lowest BCUT2D eigenvalue weighted by atomic mass is 10.3. The summed E-state index contributed by atoms with van der Waals surface area (Å²) >= 11 is 5.69. The van der Waals surface area contributed by atoms with E-state index in [1.807, 2.05) is 0 Å². The zero-order chi connectivity index (χ0) is 8.65. The number of carbonyl (C=O) groups excluding carboxylic acids is 2. The van der Waals surface area contributed by atoms with Gasteiger partial charge in [0, 0.05) is 0 Å². The molecule has 1 aliphatic rings. The molecular formula is C4H3Br2N3O2. The highest BCUT2D eigenvalue weighted by Crippen LogP contribution is 2.29. The van der Waals surface area contributed by atoms with Crippen LogP contribution < -0.4 is 11.1 Å². The van der Waals surface area contributed by atoms with Gasteiger partial charge in [-0.3, -0.25) is 14.9 Å². The lowest BCUT2D eigenvalue weighted by Gasteiger charge is -2.19. The van der Waals surface area contributed by atoms with Crippen molar-refractivity contribution in [1.82, 2.24) is 5.32 Å². The summed E-state index contributed by atoms with van der Waals surface area (Å²) in [5.41, 5.74) is 5.09. The third-order valence-electron chi connectivity index (χ3n) is 1.02. The smallest absolute Gasteiger partial charge is 0.286 e. The van der Waals surface area contributed by atoms with Gasteiger partial charge in [0.15, 0.2) is 0 Å². The maximum absolute atomic E-state index is 11.0. The highest BCUT2D eigenvalue weighted by atomic mass is 79.9. The molecule has 60 valence electrons. The topological polar surface area (TPSA) is 84.5 Å². The minimum atomic E-state index is -1.46. The number of rotatable bonds is 0. The SMILES string of the molecule is NC1=NC(=O)C(Br)(Br)C(=O)N1. The number of alkyl halides is 2. The number of aliphatic imine (C=N–C) groups is 1. The van der Waals surface area contributed by atoms with Gasteiger partial charge in [0.1, 0.15) is 0 Å². The van der Waals surface area contributed by atoms with Crippen molar-refractivity contribution in [2.45, 2.75) is 3.23 Å². The van der Waals surface area contributed by atoms with Gasteiger partial charge in [0.25, 0.3) is 11.8 Å². The Balaban J connectivity index is 3.06. The van der Waals surface area contributed by atoms with Crippen LogP contribution >= 0.6 is 31.9 Å². The Morgan fingerprint density at radius 1 is 1.45 bits per heavy atom. The largest absolute Gasteiger partial charge is 0.369 e. The first-order chi connectivity index (χ1) is 4.94. The number of nitrogens with two attached hydrogens (primary N) is 1. The maximum atomic E-state index is 11.0. The van der Waals surface area contributed by atoms with E-state index in [0.717, 1.165) is 0 Å². The van der Waals surface area contributed by atoms with Crippen LogP contribution in [-0.4, -0.2) is 21.0 Å². The normalized spacial score (nSPS) is 22.5. The van der Waals surface area contributed by atoms with Gasteiger partial charge in [-0.15, -0.1) is 0 Å². The summed E-state index contributed by atoms with van der Waals surface area (Å²) in [5, 5.41) is 2.17. The lowest BCUT2D eigenvalue weighted by Crippen LogP contribution is -2.53. The minimum absolute atomic E-state index is 0.186. The third kappa shape index (κ3) is 1.43. The number of amides is 2. The van der Waals surface area contributed by atoms with Gasteiger partial charge in [-0.1, -0.05) is 31.9 Å². The molecule has 0 aliphatic carbocycles. The quantitative estimate of drug-likeness (QED) is 0.462. The molecule has 0 aromatic heterocycles. The summed E-state index contributed by atoms with van der Waals surface area (Å²) in [6, 6.07) is 0. The summed E-state index contributed by atoms with van der Waals surface area (Å²) in [6.45, 7) is 0. The van der Waals surface area contributed by atoms with Gasteiger partial charge < -0.3 is 5.73 Å². The predicted molar refractivity (Wildman–Crippen MR) is 45.4 cm³/mol. The summed E-state index contributed by atoms with van der Waals surface area (Å²) in [4.78, 5) is 25.2. The van der Waals surface area contributed by atoms with Gasteiger partial charge in [0.2, 0.25) is 9.19 Å². The first-order valence-corrected chi connectivity index (χ1v) is 4.11. The molecule has 0 atom stereocenters. The van der Waals surface area contributed by atoms with Gasteiger partial charge in [-0.2, -0.15) is 4.99 Å². The number of hydrogen-bond acceptors (Lipinski definition) is 3. The van der Waals surface area contributed by atoms with Gasteiger partial charge in [-0.05, 0) is 0 Å². The second kappa shape index (κ2) is 2.56. The van der Waals surface area contributed by atoms with Crippen LogP contribution in [0.5, 0.6) is 0 Å². The van der Waals surface area contributed by atoms with Crippen LogP contribution in [0.4, 0.5) is 0 Å². The van der Waals surface area contributed by atoms with Crippen LogP contribution in [0.15, 0.2) is 4.99 Å². The molecule has 0 bridgehead atoms. The second-order valence-corrected chi connectivity index (χ2v) is 5.27. The van der Waals surface area contributed by atoms with Crippen molar-refractivity contribution in [3.63, 3.8) is 0 Å². The standard InChI is InChI=1S/C4H3Br2N3O2/c5-4(6)1(10)8-3(7)9-2(4)11/h(H3,7,8,9,10,11). The van der Waals surface area contributed by atoms with Crippen molar-refractivity contribution in [2.24, 2.45) is 10.7 Å². The molecular weight excluding hydrogens is 282 g/mol. The third-order valence-corrected chi connectivity index (χ3v) is 2.42. The predicted octanol–water partition coefficient (Wildman–Crippen LogP) is -0.556. The molecule has 1 heterocycles. The Morgan fingerprint density at radius 3 is 2.45 bits per heavy atom. The van der Waals surface area contributed by atoms with Crippen LogP contribution in [0.2, 0.25) is 0 Å². The highest BCUT2D eigenvalue weighted by Gasteiger charge is 2.44. The first-order valence-electron chi connectivity index (χ1n) is 2.52. The number of carbonyl (C=O) groups is 2. The Kier molecular flexibility index (Phi) is 2.02. The molecule has 0 aromatic carbocycles. The van der Waals surface area contributed by atoms with Crippen LogP contribution in [-0.2, 0) is 9.59 Å². The molecule has 0 unspecified atom stereocenters. The van der Waals surface area contributed by atoms with E-state index in [0.29, 0.717) is 0 Å². The molecule has 11 heavy (non-hydrogen) atoms. The molecule has 0 saturated carbocycles. The monoisotopic (exact) mass is 283 g/mol. The second-order valence-electron chi connectivity index (χ2n) is 1.83. The molecule has 7 heteroatoms. The fraction of sp³-hybridized carbons (Fsp3) is 0.250. The van der Waals surface area contributed by atoms with E-state index in [9.17, 15) is 9.59 Å². The van der Waals surface area contributed by atoms with Crippen LogP contribution in [0.1, 0.15) is 0 Å². The van der Waals surface area contributed by atoms with E-state index in [2.05, 4.69) is 42.2 Å². The summed E-state index contributed by atoms with van der Waals surface area (Å²) in [5.74, 6) is -1.43. The first kappa shape index (κ1) is 8.66. The van der Waals surface area contributed by atoms with E-state index in [1.54, 1.807) is 0 Å². The van der Waals surface area contributed by atoms with Crippen molar-refractivity contribution in [2.75, 3.05) is 0 Å². The minimum Gasteiger partial charge on any atom is -0.369 e. The summed E-state index contributed by atoms with van der Waals surface area (Å²) in [6.07, 6.45) is 0. The van der Waals surface area contributed by atoms with E-state index in [4.69, 9.17) is 5.73 Å². The average Bonchev–Trinajstić information content (AvgIpc) is 1.84. The number of hydrogen-bond donors (Lipinski definition) is 2. The van der Waals surface area contributed by atoms with E-state index < -0.39 is 15.0 Å². The van der Waals surface area contributed by atoms with E-state index >= 15 is 0 Å². The van der Waals surface area contributed by atoms with E-state index in [-0.39, 0.29) is 5.96 Å². The van der Waals surface area contributed by atoms with Crippen molar-refractivity contribution in [3.8, 4) is 0 Å². The van der Waals surface area contributed by atoms with Gasteiger partial charge in [0.05, 0.1) is 0 Å². The molecule has 0 aromatic rings. The highest BCUT2D eigenvalue weighted by molar-refractivity contribution is 9.26. The fourth-order valence-corrected chi connectivity index (χ4v) is 0.875. The fourth-order valence-electron chi connectivity index (χ4n) is 0.499. The maximum Gasteiger partial charge on any atom is 0.286 e. The molecule has 5 nitrogen and oxygen atoms in total. The van der Waals surface area contributed by atoms with E-state index in [1.165, 1.54) is 0 Å². The van der Waals surface area contributed by atoms with Crippen molar-refractivity contribution < 1.29 is 9.59 Å². The molecule has 0 spiro atoms. The van der Waals surface area contributed by atoms with Crippen LogP contribution in [0.3, 0.4) is 0 Å². The number of nitrogens with one attached hydrogen (secondary N) is 1. The Bertz CT molecular complexity index is 260. The molecule has 0 radical (unpaired) electrons. The number of guanidine groups is 1. The molecule has 2 amide bonds. The van der Waals surface area contributed by atoms with Crippen molar-refractivity contribution in [1.29, 1.82) is 0 Å². The Hall–Kier alpha value is -0.430. The molecule has 1 rings (SSSR count). The molecule has 0 fully saturated rings.